The zero-order valence-electron chi connectivity index (χ0n) is 14.3. The Hall–Kier alpha value is -1.13. The Morgan fingerprint density at radius 2 is 1.64 bits per heavy atom. The third-order valence-corrected chi connectivity index (χ3v) is 4.50. The van der Waals surface area contributed by atoms with E-state index in [1.807, 2.05) is 0 Å². The van der Waals surface area contributed by atoms with Gasteiger partial charge in [0.05, 0.1) is 0 Å². The molecule has 1 aliphatic heterocycles. The van der Waals surface area contributed by atoms with Gasteiger partial charge in [0.25, 0.3) is 0 Å². The predicted molar refractivity (Wildman–Crippen MR) is 98.3 cm³/mol. The zero-order chi connectivity index (χ0) is 16.1. The van der Waals surface area contributed by atoms with Crippen LogP contribution in [-0.2, 0) is 6.54 Å². The van der Waals surface area contributed by atoms with Gasteiger partial charge in [-0.15, -0.1) is 0 Å². The van der Waals surface area contributed by atoms with Crippen molar-refractivity contribution in [3.63, 3.8) is 0 Å². The molecule has 1 heterocycles. The molecule has 0 saturated carbocycles. The van der Waals surface area contributed by atoms with Gasteiger partial charge in [-0.2, -0.15) is 0 Å². The van der Waals surface area contributed by atoms with E-state index in [0.29, 0.717) is 12.0 Å². The molecule has 1 aromatic rings. The first kappa shape index (κ1) is 17.2. The van der Waals surface area contributed by atoms with Gasteiger partial charge in [0, 0.05) is 38.8 Å². The average Bonchev–Trinajstić information content (AvgIpc) is 2.48. The minimum absolute atomic E-state index is 0.407. The highest BCUT2D eigenvalue weighted by Crippen LogP contribution is 2.16. The molecule has 1 N–H and O–H groups in total. The summed E-state index contributed by atoms with van der Waals surface area (Å²) in [6.45, 7) is 14.0. The summed E-state index contributed by atoms with van der Waals surface area (Å²) >= 11 is 5.45. The summed E-state index contributed by atoms with van der Waals surface area (Å²) < 4.78 is 0. The van der Waals surface area contributed by atoms with Crippen molar-refractivity contribution in [1.82, 2.24) is 15.1 Å². The predicted octanol–water partition coefficient (Wildman–Crippen LogP) is 3.21. The van der Waals surface area contributed by atoms with Gasteiger partial charge < -0.3 is 10.2 Å². The molecule has 3 nitrogen and oxygen atoms in total. The molecule has 0 atom stereocenters. The van der Waals surface area contributed by atoms with Crippen LogP contribution in [0.15, 0.2) is 24.3 Å². The number of thiocarbonyl (C=S) groups is 1. The van der Waals surface area contributed by atoms with Crippen LogP contribution in [0.5, 0.6) is 0 Å². The van der Waals surface area contributed by atoms with E-state index in [-0.39, 0.29) is 0 Å². The lowest BCUT2D eigenvalue weighted by Crippen LogP contribution is -2.52. The quantitative estimate of drug-likeness (QED) is 0.859. The van der Waals surface area contributed by atoms with Gasteiger partial charge in [-0.1, -0.05) is 38.1 Å². The van der Waals surface area contributed by atoms with Gasteiger partial charge in [0.2, 0.25) is 0 Å². The molecule has 0 aromatic heterocycles. The van der Waals surface area contributed by atoms with E-state index in [1.54, 1.807) is 0 Å². The lowest BCUT2D eigenvalue weighted by molar-refractivity contribution is 0.174. The second kappa shape index (κ2) is 7.93. The number of nitrogens with zero attached hydrogens (tertiary/aromatic N) is 2. The Morgan fingerprint density at radius 3 is 2.14 bits per heavy atom. The van der Waals surface area contributed by atoms with E-state index < -0.39 is 0 Å². The molecule has 0 spiro atoms. The zero-order valence-corrected chi connectivity index (χ0v) is 15.1. The number of rotatable bonds is 4. The molecule has 122 valence electrons. The number of hydrogen-bond acceptors (Lipinski definition) is 2. The van der Waals surface area contributed by atoms with E-state index in [1.165, 1.54) is 11.1 Å². The summed E-state index contributed by atoms with van der Waals surface area (Å²) in [7, 11) is 0. The fourth-order valence-corrected chi connectivity index (χ4v) is 3.13. The summed E-state index contributed by atoms with van der Waals surface area (Å²) in [4.78, 5) is 4.80. The Kier molecular flexibility index (Phi) is 6.21. The molecule has 0 radical (unpaired) electrons. The normalized spacial score (nSPS) is 16.4. The highest BCUT2D eigenvalue weighted by molar-refractivity contribution is 7.80. The highest BCUT2D eigenvalue weighted by Gasteiger charge is 2.19. The highest BCUT2D eigenvalue weighted by atomic mass is 32.1. The van der Waals surface area contributed by atoms with Crippen LogP contribution in [0.2, 0.25) is 0 Å². The summed E-state index contributed by atoms with van der Waals surface area (Å²) in [6, 6.07) is 9.47. The van der Waals surface area contributed by atoms with Crippen LogP contribution < -0.4 is 5.32 Å². The third kappa shape index (κ3) is 4.96. The second-order valence-corrected chi connectivity index (χ2v) is 7.15. The summed E-state index contributed by atoms with van der Waals surface area (Å²) in [5, 5.41) is 4.23. The molecule has 0 bridgehead atoms. The van der Waals surface area contributed by atoms with Gasteiger partial charge in [-0.05, 0) is 43.1 Å². The topological polar surface area (TPSA) is 18.5 Å². The molecular formula is C18H29N3S. The molecular weight excluding hydrogens is 290 g/mol. The van der Waals surface area contributed by atoms with Crippen molar-refractivity contribution < 1.29 is 0 Å². The fourth-order valence-electron chi connectivity index (χ4n) is 2.71. The van der Waals surface area contributed by atoms with E-state index in [2.05, 4.69) is 67.1 Å². The Balaban J connectivity index is 1.81. The largest absolute Gasteiger partial charge is 0.360 e. The van der Waals surface area contributed by atoms with Crippen LogP contribution in [0, 0.1) is 0 Å². The lowest BCUT2D eigenvalue weighted by atomic mass is 10.0. The summed E-state index contributed by atoms with van der Waals surface area (Å²) in [5.41, 5.74) is 2.82. The SMILES string of the molecule is CC(C)NC(=S)N1CCN(Cc2ccc(C(C)C)cc2)CC1. The van der Waals surface area contributed by atoms with Crippen molar-refractivity contribution in [3.05, 3.63) is 35.4 Å². The average molecular weight is 320 g/mol. The van der Waals surface area contributed by atoms with Crippen LogP contribution in [0.25, 0.3) is 0 Å². The van der Waals surface area contributed by atoms with Crippen LogP contribution in [0.4, 0.5) is 0 Å². The number of nitrogens with one attached hydrogen (secondary N) is 1. The van der Waals surface area contributed by atoms with Crippen LogP contribution in [-0.4, -0.2) is 47.1 Å². The van der Waals surface area contributed by atoms with E-state index in [9.17, 15) is 0 Å². The molecule has 2 rings (SSSR count). The molecule has 22 heavy (non-hydrogen) atoms. The first-order valence-electron chi connectivity index (χ1n) is 8.32. The standard InChI is InChI=1S/C18H29N3S/c1-14(2)17-7-5-16(6-8-17)13-20-9-11-21(12-10-20)18(22)19-15(3)4/h5-8,14-15H,9-13H2,1-4H3,(H,19,22). The van der Waals surface area contributed by atoms with Gasteiger partial charge >= 0.3 is 0 Å². The molecule has 0 aliphatic carbocycles. The van der Waals surface area contributed by atoms with Gasteiger partial charge in [-0.3, -0.25) is 4.90 Å². The van der Waals surface area contributed by atoms with Crippen LogP contribution >= 0.6 is 12.2 Å². The minimum Gasteiger partial charge on any atom is -0.360 e. The van der Waals surface area contributed by atoms with Gasteiger partial charge in [0.15, 0.2) is 5.11 Å². The van der Waals surface area contributed by atoms with Crippen molar-refractivity contribution in [3.8, 4) is 0 Å². The maximum Gasteiger partial charge on any atom is 0.169 e. The van der Waals surface area contributed by atoms with Gasteiger partial charge in [0.1, 0.15) is 0 Å². The van der Waals surface area contributed by atoms with Gasteiger partial charge in [-0.25, -0.2) is 0 Å². The lowest BCUT2D eigenvalue weighted by Gasteiger charge is -2.36. The van der Waals surface area contributed by atoms with Crippen LogP contribution in [0.3, 0.4) is 0 Å². The molecule has 1 fully saturated rings. The smallest absolute Gasteiger partial charge is 0.169 e. The molecule has 4 heteroatoms. The van der Waals surface area contributed by atoms with Crippen molar-refractivity contribution in [2.24, 2.45) is 0 Å². The Morgan fingerprint density at radius 1 is 1.05 bits per heavy atom. The van der Waals surface area contributed by atoms with E-state index in [0.717, 1.165) is 37.8 Å². The van der Waals surface area contributed by atoms with E-state index in [4.69, 9.17) is 12.2 Å². The molecule has 0 amide bonds. The summed E-state index contributed by atoms with van der Waals surface area (Å²) in [6.07, 6.45) is 0. The number of benzene rings is 1. The molecule has 1 saturated heterocycles. The second-order valence-electron chi connectivity index (χ2n) is 6.76. The van der Waals surface area contributed by atoms with Crippen molar-refractivity contribution in [2.45, 2.75) is 46.2 Å². The number of piperazine rings is 1. The monoisotopic (exact) mass is 319 g/mol. The van der Waals surface area contributed by atoms with Crippen molar-refractivity contribution in [1.29, 1.82) is 0 Å². The first-order valence-corrected chi connectivity index (χ1v) is 8.73. The van der Waals surface area contributed by atoms with Crippen LogP contribution in [0.1, 0.15) is 44.7 Å². The third-order valence-electron chi connectivity index (χ3n) is 4.12. The Bertz CT molecular complexity index is 474. The van der Waals surface area contributed by atoms with Crippen molar-refractivity contribution in [2.75, 3.05) is 26.2 Å². The molecule has 1 aromatic carbocycles. The van der Waals surface area contributed by atoms with Crippen molar-refractivity contribution >= 4 is 17.3 Å². The molecule has 0 unspecified atom stereocenters. The summed E-state index contributed by atoms with van der Waals surface area (Å²) in [5.74, 6) is 0.604. The maximum absolute atomic E-state index is 5.45. The van der Waals surface area contributed by atoms with E-state index >= 15 is 0 Å². The minimum atomic E-state index is 0.407. The molecule has 1 aliphatic rings. The fraction of sp³-hybridized carbons (Fsp3) is 0.611. The number of hydrogen-bond donors (Lipinski definition) is 1. The first-order chi connectivity index (χ1) is 10.5. The Labute approximate surface area is 140 Å². The maximum atomic E-state index is 5.45.